The summed E-state index contributed by atoms with van der Waals surface area (Å²) in [5.41, 5.74) is 0. The summed E-state index contributed by atoms with van der Waals surface area (Å²) in [5, 5.41) is 3.76. The topological polar surface area (TPSA) is 24.5 Å². The zero-order valence-corrected chi connectivity index (χ0v) is 12.9. The van der Waals surface area contributed by atoms with E-state index in [1.165, 1.54) is 51.6 Å². The number of hydrogen-bond acceptors (Lipinski definition) is 3. The number of likely N-dealkylation sites (tertiary alicyclic amines) is 1. The normalized spacial score (nSPS) is 33.5. The van der Waals surface area contributed by atoms with E-state index in [0.29, 0.717) is 6.10 Å². The van der Waals surface area contributed by atoms with Crippen LogP contribution in [0.3, 0.4) is 0 Å². The van der Waals surface area contributed by atoms with E-state index < -0.39 is 0 Å². The molecule has 3 heteroatoms. The second-order valence-electron chi connectivity index (χ2n) is 6.44. The van der Waals surface area contributed by atoms with Gasteiger partial charge in [0.05, 0.1) is 6.10 Å². The predicted molar refractivity (Wildman–Crippen MR) is 80.5 cm³/mol. The molecule has 1 heterocycles. The molecule has 0 aromatic rings. The third-order valence-electron chi connectivity index (χ3n) is 4.66. The first-order valence-corrected chi connectivity index (χ1v) is 8.35. The molecule has 3 nitrogen and oxygen atoms in total. The molecule has 0 radical (unpaired) electrons. The molecule has 0 aromatic heterocycles. The summed E-state index contributed by atoms with van der Waals surface area (Å²) in [6.07, 6.45) is 8.62. The molecule has 3 unspecified atom stereocenters. The lowest BCUT2D eigenvalue weighted by molar-refractivity contribution is 0.00610. The predicted octanol–water partition coefficient (Wildman–Crippen LogP) is 2.66. The van der Waals surface area contributed by atoms with Gasteiger partial charge in [0.15, 0.2) is 0 Å². The van der Waals surface area contributed by atoms with Gasteiger partial charge in [0.2, 0.25) is 0 Å². The van der Waals surface area contributed by atoms with Crippen molar-refractivity contribution in [1.29, 1.82) is 0 Å². The van der Waals surface area contributed by atoms with E-state index in [-0.39, 0.29) is 0 Å². The van der Waals surface area contributed by atoms with Crippen LogP contribution in [0.1, 0.15) is 52.4 Å². The van der Waals surface area contributed by atoms with Gasteiger partial charge in [0.25, 0.3) is 0 Å². The second-order valence-corrected chi connectivity index (χ2v) is 6.44. The van der Waals surface area contributed by atoms with Crippen molar-refractivity contribution in [2.75, 3.05) is 32.8 Å². The van der Waals surface area contributed by atoms with Crippen molar-refractivity contribution < 1.29 is 4.74 Å². The molecule has 1 aliphatic carbocycles. The van der Waals surface area contributed by atoms with Crippen molar-refractivity contribution in [1.82, 2.24) is 10.2 Å². The summed E-state index contributed by atoms with van der Waals surface area (Å²) in [5.74, 6) is 0.920. The Morgan fingerprint density at radius 2 is 2.11 bits per heavy atom. The Hall–Kier alpha value is -0.120. The van der Waals surface area contributed by atoms with Gasteiger partial charge in [-0.15, -0.1) is 0 Å². The molecule has 2 fully saturated rings. The maximum atomic E-state index is 5.76. The number of nitrogens with zero attached hydrogens (tertiary/aromatic N) is 1. The van der Waals surface area contributed by atoms with Crippen LogP contribution >= 0.6 is 0 Å². The van der Waals surface area contributed by atoms with Crippen LogP contribution in [0.4, 0.5) is 0 Å². The lowest BCUT2D eigenvalue weighted by Crippen LogP contribution is -2.44. The van der Waals surface area contributed by atoms with Crippen LogP contribution in [0.15, 0.2) is 0 Å². The fourth-order valence-electron chi connectivity index (χ4n) is 3.63. The van der Waals surface area contributed by atoms with Crippen molar-refractivity contribution in [3.63, 3.8) is 0 Å². The average Bonchev–Trinajstić information content (AvgIpc) is 2.40. The highest BCUT2D eigenvalue weighted by atomic mass is 16.5. The van der Waals surface area contributed by atoms with Crippen LogP contribution in [0.5, 0.6) is 0 Å². The van der Waals surface area contributed by atoms with Gasteiger partial charge in [0.1, 0.15) is 0 Å². The van der Waals surface area contributed by atoms with Crippen molar-refractivity contribution in [2.24, 2.45) is 5.92 Å². The summed E-state index contributed by atoms with van der Waals surface area (Å²) in [6, 6.07) is 0.774. The van der Waals surface area contributed by atoms with E-state index in [1.807, 2.05) is 0 Å². The van der Waals surface area contributed by atoms with E-state index in [9.17, 15) is 0 Å². The van der Waals surface area contributed by atoms with Crippen molar-refractivity contribution in [2.45, 2.75) is 64.5 Å². The summed E-state index contributed by atoms with van der Waals surface area (Å²) >= 11 is 0. The molecule has 0 amide bonds. The van der Waals surface area contributed by atoms with Crippen LogP contribution in [-0.4, -0.2) is 49.8 Å². The van der Waals surface area contributed by atoms with E-state index in [4.69, 9.17) is 4.74 Å². The number of hydrogen-bond donors (Lipinski definition) is 1. The van der Waals surface area contributed by atoms with E-state index in [1.54, 1.807) is 0 Å². The van der Waals surface area contributed by atoms with Crippen LogP contribution in [0.25, 0.3) is 0 Å². The van der Waals surface area contributed by atoms with Gasteiger partial charge < -0.3 is 10.1 Å². The number of piperidine rings is 1. The Labute approximate surface area is 119 Å². The van der Waals surface area contributed by atoms with Crippen molar-refractivity contribution in [3.05, 3.63) is 0 Å². The van der Waals surface area contributed by atoms with E-state index in [0.717, 1.165) is 31.7 Å². The summed E-state index contributed by atoms with van der Waals surface area (Å²) in [6.45, 7) is 10.1. The summed E-state index contributed by atoms with van der Waals surface area (Å²) < 4.78 is 5.76. The molecule has 0 spiro atoms. The lowest BCUT2D eigenvalue weighted by atomic mass is 9.87. The largest absolute Gasteiger partial charge is 0.377 e. The van der Waals surface area contributed by atoms with Gasteiger partial charge >= 0.3 is 0 Å². The van der Waals surface area contributed by atoms with Crippen LogP contribution in [0.2, 0.25) is 0 Å². The Bertz CT molecular complexity index is 245. The molecule has 2 aliphatic rings. The van der Waals surface area contributed by atoms with Gasteiger partial charge in [0, 0.05) is 32.3 Å². The quantitative estimate of drug-likeness (QED) is 0.801. The van der Waals surface area contributed by atoms with Gasteiger partial charge in [-0.2, -0.15) is 0 Å². The van der Waals surface area contributed by atoms with Gasteiger partial charge in [-0.3, -0.25) is 4.90 Å². The first-order chi connectivity index (χ1) is 9.28. The Morgan fingerprint density at radius 1 is 1.21 bits per heavy atom. The minimum absolute atomic E-state index is 0.480. The second kappa shape index (κ2) is 8.23. The molecule has 112 valence electrons. The van der Waals surface area contributed by atoms with E-state index >= 15 is 0 Å². The minimum atomic E-state index is 0.480. The Morgan fingerprint density at radius 3 is 2.89 bits per heavy atom. The van der Waals surface area contributed by atoms with Gasteiger partial charge in [-0.05, 0) is 45.1 Å². The molecule has 1 saturated heterocycles. The molecule has 1 aliphatic heterocycles. The van der Waals surface area contributed by atoms with Crippen LogP contribution in [0, 0.1) is 5.92 Å². The molecule has 19 heavy (non-hydrogen) atoms. The zero-order chi connectivity index (χ0) is 13.5. The van der Waals surface area contributed by atoms with Crippen LogP contribution in [-0.2, 0) is 4.74 Å². The van der Waals surface area contributed by atoms with Gasteiger partial charge in [-0.1, -0.05) is 19.8 Å². The monoisotopic (exact) mass is 268 g/mol. The highest BCUT2D eigenvalue weighted by Crippen LogP contribution is 2.23. The maximum absolute atomic E-state index is 5.76. The fraction of sp³-hybridized carbons (Fsp3) is 1.00. The average molecular weight is 268 g/mol. The standard InChI is InChI=1S/C16H32N2O/c1-3-19-16-8-5-10-18(13-16)11-9-17-15-7-4-6-14(2)12-15/h14-17H,3-13H2,1-2H3. The molecule has 3 atom stereocenters. The zero-order valence-electron chi connectivity index (χ0n) is 12.9. The third kappa shape index (κ3) is 5.41. The first-order valence-electron chi connectivity index (χ1n) is 8.35. The molecule has 2 rings (SSSR count). The Kier molecular flexibility index (Phi) is 6.62. The number of nitrogens with one attached hydrogen (secondary N) is 1. The SMILES string of the molecule is CCOC1CCCN(CCNC2CCCC(C)C2)C1. The Balaban J connectivity index is 1.59. The highest BCUT2D eigenvalue weighted by molar-refractivity contribution is 4.78. The lowest BCUT2D eigenvalue weighted by Gasteiger charge is -2.33. The van der Waals surface area contributed by atoms with E-state index in [2.05, 4.69) is 24.1 Å². The maximum Gasteiger partial charge on any atom is 0.0702 e. The fourth-order valence-corrected chi connectivity index (χ4v) is 3.63. The molecule has 0 aromatic carbocycles. The molecular formula is C16H32N2O. The van der Waals surface area contributed by atoms with Crippen LogP contribution < -0.4 is 5.32 Å². The van der Waals surface area contributed by atoms with Gasteiger partial charge in [-0.25, -0.2) is 0 Å². The van der Waals surface area contributed by atoms with Crippen molar-refractivity contribution in [3.8, 4) is 0 Å². The molecule has 1 saturated carbocycles. The number of ether oxygens (including phenoxy) is 1. The van der Waals surface area contributed by atoms with Crippen molar-refractivity contribution >= 4 is 0 Å². The highest BCUT2D eigenvalue weighted by Gasteiger charge is 2.21. The summed E-state index contributed by atoms with van der Waals surface area (Å²) in [4.78, 5) is 2.57. The molecule has 0 bridgehead atoms. The summed E-state index contributed by atoms with van der Waals surface area (Å²) in [7, 11) is 0. The minimum Gasteiger partial charge on any atom is -0.377 e. The smallest absolute Gasteiger partial charge is 0.0702 e. The third-order valence-corrected chi connectivity index (χ3v) is 4.66. The number of rotatable bonds is 6. The molecular weight excluding hydrogens is 236 g/mol. The first kappa shape index (κ1) is 15.3. The molecule has 1 N–H and O–H groups in total.